The Labute approximate surface area is 103 Å². The number of carboxylic acid groups (broad SMARTS) is 1. The highest BCUT2D eigenvalue weighted by molar-refractivity contribution is 5.76. The summed E-state index contributed by atoms with van der Waals surface area (Å²) in [5.41, 5.74) is -0.0117. The topological polar surface area (TPSA) is 118 Å². The predicted octanol–water partition coefficient (Wildman–Crippen LogP) is 1.21. The van der Waals surface area contributed by atoms with Crippen LogP contribution in [0.15, 0.2) is 6.20 Å². The van der Waals surface area contributed by atoms with E-state index in [1.165, 1.54) is 6.92 Å². The SMILES string of the molecule is Cc1nc(N[C@H](C(=O)O)C(C)C)ncc1[N+](=O)[O-]. The van der Waals surface area contributed by atoms with Gasteiger partial charge in [-0.25, -0.2) is 14.8 Å². The fraction of sp³-hybridized carbons (Fsp3) is 0.500. The quantitative estimate of drug-likeness (QED) is 0.598. The summed E-state index contributed by atoms with van der Waals surface area (Å²) in [6.45, 7) is 4.95. The molecule has 1 heterocycles. The van der Waals surface area contributed by atoms with Crippen molar-refractivity contribution in [3.05, 3.63) is 22.0 Å². The van der Waals surface area contributed by atoms with Crippen LogP contribution in [-0.4, -0.2) is 32.0 Å². The molecule has 0 aromatic carbocycles. The molecule has 0 fully saturated rings. The van der Waals surface area contributed by atoms with Gasteiger partial charge in [0.15, 0.2) is 0 Å². The van der Waals surface area contributed by atoms with Crippen molar-refractivity contribution in [1.82, 2.24) is 9.97 Å². The third-order valence-electron chi connectivity index (χ3n) is 2.37. The number of hydrogen-bond acceptors (Lipinski definition) is 6. The molecule has 0 spiro atoms. The van der Waals surface area contributed by atoms with Crippen LogP contribution in [0.3, 0.4) is 0 Å². The number of nitro groups is 1. The second-order valence-electron chi connectivity index (χ2n) is 4.13. The number of rotatable bonds is 5. The van der Waals surface area contributed by atoms with Crippen molar-refractivity contribution in [2.45, 2.75) is 26.8 Å². The first-order valence-corrected chi connectivity index (χ1v) is 5.30. The lowest BCUT2D eigenvalue weighted by Crippen LogP contribution is -2.35. The van der Waals surface area contributed by atoms with Crippen molar-refractivity contribution in [1.29, 1.82) is 0 Å². The van der Waals surface area contributed by atoms with E-state index in [4.69, 9.17) is 5.11 Å². The van der Waals surface area contributed by atoms with E-state index in [0.29, 0.717) is 0 Å². The Hall–Kier alpha value is -2.25. The van der Waals surface area contributed by atoms with E-state index in [2.05, 4.69) is 15.3 Å². The van der Waals surface area contributed by atoms with Gasteiger partial charge in [0.05, 0.1) is 4.92 Å². The summed E-state index contributed by atoms with van der Waals surface area (Å²) in [4.78, 5) is 28.6. The van der Waals surface area contributed by atoms with Gasteiger partial charge in [0.1, 0.15) is 17.9 Å². The van der Waals surface area contributed by atoms with Gasteiger partial charge in [-0.1, -0.05) is 13.8 Å². The van der Waals surface area contributed by atoms with Crippen LogP contribution in [0.5, 0.6) is 0 Å². The monoisotopic (exact) mass is 254 g/mol. The van der Waals surface area contributed by atoms with Gasteiger partial charge in [-0.15, -0.1) is 0 Å². The minimum Gasteiger partial charge on any atom is -0.480 e. The molecule has 1 atom stereocenters. The molecule has 2 N–H and O–H groups in total. The Balaban J connectivity index is 2.95. The van der Waals surface area contributed by atoms with Gasteiger partial charge in [-0.05, 0) is 12.8 Å². The van der Waals surface area contributed by atoms with Crippen LogP contribution in [0.25, 0.3) is 0 Å². The largest absolute Gasteiger partial charge is 0.480 e. The number of aromatic nitrogens is 2. The molecule has 1 aromatic heterocycles. The van der Waals surface area contributed by atoms with Crippen molar-refractivity contribution in [2.75, 3.05) is 5.32 Å². The van der Waals surface area contributed by atoms with Gasteiger partial charge in [0.25, 0.3) is 0 Å². The fourth-order valence-corrected chi connectivity index (χ4v) is 1.36. The lowest BCUT2D eigenvalue weighted by Gasteiger charge is -2.17. The molecule has 0 bridgehead atoms. The van der Waals surface area contributed by atoms with Crippen molar-refractivity contribution in [3.8, 4) is 0 Å². The average molecular weight is 254 g/mol. The summed E-state index contributed by atoms with van der Waals surface area (Å²) in [7, 11) is 0. The van der Waals surface area contributed by atoms with E-state index in [9.17, 15) is 14.9 Å². The van der Waals surface area contributed by atoms with E-state index in [1.807, 2.05) is 0 Å². The number of nitrogens with zero attached hydrogens (tertiary/aromatic N) is 3. The number of hydrogen-bond donors (Lipinski definition) is 2. The third-order valence-corrected chi connectivity index (χ3v) is 2.37. The number of carbonyl (C=O) groups is 1. The van der Waals surface area contributed by atoms with Crippen molar-refractivity contribution >= 4 is 17.6 Å². The van der Waals surface area contributed by atoms with Crippen molar-refractivity contribution < 1.29 is 14.8 Å². The average Bonchev–Trinajstić information content (AvgIpc) is 2.24. The lowest BCUT2D eigenvalue weighted by atomic mass is 10.1. The van der Waals surface area contributed by atoms with Crippen LogP contribution in [0.2, 0.25) is 0 Å². The molecule has 0 unspecified atom stereocenters. The molecule has 98 valence electrons. The third kappa shape index (κ3) is 3.12. The zero-order valence-electron chi connectivity index (χ0n) is 10.2. The van der Waals surface area contributed by atoms with E-state index >= 15 is 0 Å². The highest BCUT2D eigenvalue weighted by Gasteiger charge is 2.23. The molecular formula is C10H14N4O4. The van der Waals surface area contributed by atoms with Crippen LogP contribution >= 0.6 is 0 Å². The van der Waals surface area contributed by atoms with Gasteiger partial charge < -0.3 is 10.4 Å². The highest BCUT2D eigenvalue weighted by Crippen LogP contribution is 2.16. The molecule has 18 heavy (non-hydrogen) atoms. The summed E-state index contributed by atoms with van der Waals surface area (Å²) in [5.74, 6) is -1.12. The Bertz CT molecular complexity index is 475. The van der Waals surface area contributed by atoms with Crippen LogP contribution in [-0.2, 0) is 4.79 Å². The maximum Gasteiger partial charge on any atom is 0.326 e. The van der Waals surface area contributed by atoms with Crippen LogP contribution in [0.1, 0.15) is 19.5 Å². The van der Waals surface area contributed by atoms with Crippen LogP contribution in [0.4, 0.5) is 11.6 Å². The molecule has 0 saturated carbocycles. The summed E-state index contributed by atoms with van der Waals surface area (Å²) in [6, 6.07) is -0.842. The summed E-state index contributed by atoms with van der Waals surface area (Å²) in [6.07, 6.45) is 1.06. The first kappa shape index (κ1) is 13.8. The van der Waals surface area contributed by atoms with Gasteiger partial charge in [-0.2, -0.15) is 0 Å². The van der Waals surface area contributed by atoms with E-state index in [-0.39, 0.29) is 23.2 Å². The highest BCUT2D eigenvalue weighted by atomic mass is 16.6. The molecule has 1 rings (SSSR count). The fourth-order valence-electron chi connectivity index (χ4n) is 1.36. The minimum atomic E-state index is -1.02. The zero-order valence-corrected chi connectivity index (χ0v) is 10.2. The van der Waals surface area contributed by atoms with E-state index < -0.39 is 16.9 Å². The maximum atomic E-state index is 11.0. The van der Waals surface area contributed by atoms with Crippen molar-refractivity contribution in [2.24, 2.45) is 5.92 Å². The Morgan fingerprint density at radius 3 is 2.56 bits per heavy atom. The molecule has 0 amide bonds. The van der Waals surface area contributed by atoms with Crippen molar-refractivity contribution in [3.63, 3.8) is 0 Å². The van der Waals surface area contributed by atoms with Gasteiger partial charge in [0.2, 0.25) is 5.95 Å². The van der Waals surface area contributed by atoms with E-state index in [0.717, 1.165) is 6.20 Å². The molecule has 8 heteroatoms. The summed E-state index contributed by atoms with van der Waals surface area (Å²) < 4.78 is 0. The van der Waals surface area contributed by atoms with Gasteiger partial charge >= 0.3 is 11.7 Å². The number of anilines is 1. The molecule has 8 nitrogen and oxygen atoms in total. The predicted molar refractivity (Wildman–Crippen MR) is 63.3 cm³/mol. The summed E-state index contributed by atoms with van der Waals surface area (Å²) >= 11 is 0. The molecule has 1 aromatic rings. The second-order valence-corrected chi connectivity index (χ2v) is 4.13. The Morgan fingerprint density at radius 2 is 2.17 bits per heavy atom. The normalized spacial score (nSPS) is 12.2. The van der Waals surface area contributed by atoms with Crippen LogP contribution < -0.4 is 5.32 Å². The lowest BCUT2D eigenvalue weighted by molar-refractivity contribution is -0.386. The molecule has 0 aliphatic rings. The number of nitrogens with one attached hydrogen (secondary N) is 1. The standard InChI is InChI=1S/C10H14N4O4/c1-5(2)8(9(15)16)13-10-11-4-7(14(17)18)6(3)12-10/h4-5,8H,1-3H3,(H,15,16)(H,11,12,13)/t8-/m0/s1. The molecule has 0 saturated heterocycles. The zero-order chi connectivity index (χ0) is 13.9. The first-order chi connectivity index (χ1) is 8.32. The molecule has 0 aliphatic heterocycles. The first-order valence-electron chi connectivity index (χ1n) is 5.30. The van der Waals surface area contributed by atoms with Gasteiger partial charge in [0, 0.05) is 0 Å². The number of aliphatic carboxylic acids is 1. The molecule has 0 aliphatic carbocycles. The van der Waals surface area contributed by atoms with Crippen LogP contribution in [0, 0.1) is 23.0 Å². The number of carboxylic acids is 1. The molecule has 0 radical (unpaired) electrons. The second kappa shape index (κ2) is 5.39. The minimum absolute atomic E-state index is 0.0687. The molecular weight excluding hydrogens is 240 g/mol. The maximum absolute atomic E-state index is 11.0. The Kier molecular flexibility index (Phi) is 4.13. The number of aryl methyl sites for hydroxylation is 1. The van der Waals surface area contributed by atoms with Gasteiger partial charge in [-0.3, -0.25) is 10.1 Å². The Morgan fingerprint density at radius 1 is 1.56 bits per heavy atom. The summed E-state index contributed by atoms with van der Waals surface area (Å²) in [5, 5.41) is 22.2. The van der Waals surface area contributed by atoms with E-state index in [1.54, 1.807) is 13.8 Å². The smallest absolute Gasteiger partial charge is 0.326 e.